The fourth-order valence-electron chi connectivity index (χ4n) is 3.18. The molecule has 3 aliphatic rings. The van der Waals surface area contributed by atoms with Crippen molar-refractivity contribution in [2.24, 2.45) is 5.41 Å². The normalized spacial score (nSPS) is 50.6. The molecule has 3 atom stereocenters. The second-order valence-electron chi connectivity index (χ2n) is 6.19. The van der Waals surface area contributed by atoms with Gasteiger partial charge in [0.25, 0.3) is 0 Å². The van der Waals surface area contributed by atoms with E-state index in [4.69, 9.17) is 14.2 Å². The molecule has 0 spiro atoms. The minimum Gasteiger partial charge on any atom is -0.378 e. The molecule has 3 nitrogen and oxygen atoms in total. The van der Waals surface area contributed by atoms with E-state index < -0.39 is 0 Å². The molecule has 2 aliphatic heterocycles. The molecule has 0 aromatic rings. The van der Waals surface area contributed by atoms with Crippen LogP contribution in [0.4, 0.5) is 0 Å². The highest BCUT2D eigenvalue weighted by molar-refractivity contribution is 5.13. The minimum atomic E-state index is -0.0264. The lowest BCUT2D eigenvalue weighted by molar-refractivity contribution is -0.335. The summed E-state index contributed by atoms with van der Waals surface area (Å²) in [6.07, 6.45) is 4.77. The van der Waals surface area contributed by atoms with Crippen molar-refractivity contribution >= 4 is 0 Å². The summed E-state index contributed by atoms with van der Waals surface area (Å²) < 4.78 is 17.3. The third-order valence-electron chi connectivity index (χ3n) is 4.96. The van der Waals surface area contributed by atoms with E-state index in [1.54, 1.807) is 0 Å². The SMILES string of the molecule is CC1(COCC23CCC2(C)OC3)CCCO1. The lowest BCUT2D eigenvalue weighted by Crippen LogP contribution is -2.70. The van der Waals surface area contributed by atoms with Crippen LogP contribution in [0.15, 0.2) is 0 Å². The standard InChI is InChI=1S/C13H22O3/c1-11(4-3-7-15-11)8-14-9-13-6-5-12(13,2)16-10-13/h3-10H2,1-2H3. The molecule has 0 N–H and O–H groups in total. The Morgan fingerprint density at radius 3 is 2.38 bits per heavy atom. The topological polar surface area (TPSA) is 27.7 Å². The van der Waals surface area contributed by atoms with Crippen molar-refractivity contribution in [2.75, 3.05) is 26.4 Å². The first kappa shape index (κ1) is 11.0. The molecule has 1 aliphatic carbocycles. The zero-order valence-corrected chi connectivity index (χ0v) is 10.4. The third kappa shape index (κ3) is 1.45. The van der Waals surface area contributed by atoms with Gasteiger partial charge >= 0.3 is 0 Å². The van der Waals surface area contributed by atoms with Crippen molar-refractivity contribution in [3.05, 3.63) is 0 Å². The van der Waals surface area contributed by atoms with Crippen LogP contribution in [-0.2, 0) is 14.2 Å². The van der Waals surface area contributed by atoms with E-state index in [-0.39, 0.29) is 11.2 Å². The maximum Gasteiger partial charge on any atom is 0.0887 e. The average Bonchev–Trinajstić information content (AvgIpc) is 2.69. The molecule has 3 unspecified atom stereocenters. The third-order valence-corrected chi connectivity index (χ3v) is 4.96. The largest absolute Gasteiger partial charge is 0.378 e. The fourth-order valence-corrected chi connectivity index (χ4v) is 3.18. The van der Waals surface area contributed by atoms with Crippen molar-refractivity contribution in [1.82, 2.24) is 0 Å². The molecule has 0 bridgehead atoms. The van der Waals surface area contributed by atoms with E-state index in [1.165, 1.54) is 19.3 Å². The van der Waals surface area contributed by atoms with Gasteiger partial charge in [0.2, 0.25) is 0 Å². The van der Waals surface area contributed by atoms with Crippen LogP contribution in [0.5, 0.6) is 0 Å². The first-order valence-corrected chi connectivity index (χ1v) is 6.43. The summed E-state index contributed by atoms with van der Waals surface area (Å²) in [7, 11) is 0. The van der Waals surface area contributed by atoms with Gasteiger partial charge in [-0.25, -0.2) is 0 Å². The van der Waals surface area contributed by atoms with Crippen molar-refractivity contribution in [2.45, 2.75) is 50.7 Å². The molecule has 0 aromatic heterocycles. The first-order chi connectivity index (χ1) is 7.58. The molecule has 2 saturated heterocycles. The summed E-state index contributed by atoms with van der Waals surface area (Å²) in [5.41, 5.74) is 0.438. The minimum absolute atomic E-state index is 0.0264. The molecule has 16 heavy (non-hydrogen) atoms. The van der Waals surface area contributed by atoms with Crippen LogP contribution in [0.1, 0.15) is 39.5 Å². The molecule has 0 amide bonds. The van der Waals surface area contributed by atoms with Crippen LogP contribution in [0.25, 0.3) is 0 Å². The van der Waals surface area contributed by atoms with Gasteiger partial charge in [-0.05, 0) is 39.5 Å². The van der Waals surface area contributed by atoms with Crippen LogP contribution in [0, 0.1) is 5.41 Å². The van der Waals surface area contributed by atoms with Crippen LogP contribution in [0.3, 0.4) is 0 Å². The zero-order valence-electron chi connectivity index (χ0n) is 10.4. The van der Waals surface area contributed by atoms with E-state index in [1.807, 2.05) is 0 Å². The summed E-state index contributed by atoms with van der Waals surface area (Å²) in [5, 5.41) is 0. The highest BCUT2D eigenvalue weighted by atomic mass is 16.6. The lowest BCUT2D eigenvalue weighted by atomic mass is 9.54. The monoisotopic (exact) mass is 226 g/mol. The summed E-state index contributed by atoms with van der Waals surface area (Å²) in [5.74, 6) is 0. The quantitative estimate of drug-likeness (QED) is 0.735. The van der Waals surface area contributed by atoms with Gasteiger partial charge in [0.05, 0.1) is 31.0 Å². The Balaban J connectivity index is 1.47. The van der Waals surface area contributed by atoms with Gasteiger partial charge in [0, 0.05) is 12.0 Å². The Labute approximate surface area is 97.4 Å². The van der Waals surface area contributed by atoms with Crippen molar-refractivity contribution in [3.63, 3.8) is 0 Å². The van der Waals surface area contributed by atoms with Gasteiger partial charge < -0.3 is 14.2 Å². The summed E-state index contributed by atoms with van der Waals surface area (Å²) in [6.45, 7) is 7.76. The smallest absolute Gasteiger partial charge is 0.0887 e. The first-order valence-electron chi connectivity index (χ1n) is 6.43. The maximum absolute atomic E-state index is 5.91. The molecule has 3 fully saturated rings. The van der Waals surface area contributed by atoms with Gasteiger partial charge in [-0.3, -0.25) is 0 Å². The van der Waals surface area contributed by atoms with Crippen LogP contribution < -0.4 is 0 Å². The van der Waals surface area contributed by atoms with Crippen molar-refractivity contribution in [3.8, 4) is 0 Å². The van der Waals surface area contributed by atoms with Gasteiger partial charge in [0.15, 0.2) is 0 Å². The van der Waals surface area contributed by atoms with Crippen LogP contribution >= 0.6 is 0 Å². The number of ether oxygens (including phenoxy) is 3. The van der Waals surface area contributed by atoms with Gasteiger partial charge in [-0.1, -0.05) is 0 Å². The summed E-state index contributed by atoms with van der Waals surface area (Å²) >= 11 is 0. The van der Waals surface area contributed by atoms with E-state index in [2.05, 4.69) is 13.8 Å². The second-order valence-corrected chi connectivity index (χ2v) is 6.19. The number of fused-ring (bicyclic) bond motifs is 1. The average molecular weight is 226 g/mol. The van der Waals surface area contributed by atoms with E-state index in [0.717, 1.165) is 32.8 Å². The molecule has 1 saturated carbocycles. The predicted octanol–water partition coefficient (Wildman–Crippen LogP) is 2.14. The zero-order chi connectivity index (χ0) is 11.3. The molecule has 0 radical (unpaired) electrons. The molecule has 0 aromatic carbocycles. The molecular formula is C13H22O3. The molecule has 3 rings (SSSR count). The Morgan fingerprint density at radius 2 is 1.94 bits per heavy atom. The van der Waals surface area contributed by atoms with Gasteiger partial charge in [0.1, 0.15) is 0 Å². The fraction of sp³-hybridized carbons (Fsp3) is 1.00. The Hall–Kier alpha value is -0.120. The van der Waals surface area contributed by atoms with Gasteiger partial charge in [-0.2, -0.15) is 0 Å². The van der Waals surface area contributed by atoms with E-state index in [9.17, 15) is 0 Å². The Bertz CT molecular complexity index is 273. The van der Waals surface area contributed by atoms with Crippen molar-refractivity contribution < 1.29 is 14.2 Å². The Morgan fingerprint density at radius 1 is 1.06 bits per heavy atom. The lowest BCUT2D eigenvalue weighted by Gasteiger charge is -2.65. The molecular weight excluding hydrogens is 204 g/mol. The molecule has 2 heterocycles. The predicted molar refractivity (Wildman–Crippen MR) is 60.4 cm³/mol. The highest BCUT2D eigenvalue weighted by Crippen LogP contribution is 2.60. The number of rotatable bonds is 4. The number of hydrogen-bond donors (Lipinski definition) is 0. The second kappa shape index (κ2) is 3.44. The summed E-state index contributed by atoms with van der Waals surface area (Å²) in [6, 6.07) is 0. The highest BCUT2D eigenvalue weighted by Gasteiger charge is 2.64. The Kier molecular flexibility index (Phi) is 2.36. The number of hydrogen-bond acceptors (Lipinski definition) is 3. The molecule has 92 valence electrons. The molecule has 3 heteroatoms. The van der Waals surface area contributed by atoms with E-state index in [0.29, 0.717) is 5.41 Å². The van der Waals surface area contributed by atoms with Gasteiger partial charge in [-0.15, -0.1) is 0 Å². The summed E-state index contributed by atoms with van der Waals surface area (Å²) in [4.78, 5) is 0. The van der Waals surface area contributed by atoms with Crippen LogP contribution in [-0.4, -0.2) is 37.6 Å². The van der Waals surface area contributed by atoms with E-state index >= 15 is 0 Å². The van der Waals surface area contributed by atoms with Crippen molar-refractivity contribution in [1.29, 1.82) is 0 Å². The van der Waals surface area contributed by atoms with Crippen LogP contribution in [0.2, 0.25) is 0 Å². The maximum atomic E-state index is 5.91.